The number of rotatable bonds is 4. The van der Waals surface area contributed by atoms with E-state index in [1.165, 1.54) is 20.3 Å². The number of carbonyl (C=O) groups excluding carboxylic acids is 1. The summed E-state index contributed by atoms with van der Waals surface area (Å²) in [7, 11) is 2.79. The molecule has 0 spiro atoms. The normalized spacial score (nSPS) is 9.80. The van der Waals surface area contributed by atoms with Gasteiger partial charge in [-0.15, -0.1) is 0 Å². The van der Waals surface area contributed by atoms with E-state index in [1.54, 1.807) is 12.1 Å². The second-order valence-corrected chi connectivity index (χ2v) is 3.12. The lowest BCUT2D eigenvalue weighted by molar-refractivity contribution is 0.0465. The lowest BCUT2D eigenvalue weighted by Gasteiger charge is -2.09. The fraction of sp³-hybridized carbons (Fsp3) is 0.300. The second-order valence-electron chi connectivity index (χ2n) is 2.68. The molecule has 0 bridgehead atoms. The highest BCUT2D eigenvalue weighted by Gasteiger charge is 2.13. The molecule has 82 valence electrons. The molecule has 15 heavy (non-hydrogen) atoms. The summed E-state index contributed by atoms with van der Waals surface area (Å²) in [5.74, 6) is -0.114. The maximum Gasteiger partial charge on any atom is 0.341 e. The molecule has 0 heterocycles. The molecule has 5 heteroatoms. The van der Waals surface area contributed by atoms with E-state index in [-0.39, 0.29) is 12.4 Å². The van der Waals surface area contributed by atoms with Crippen LogP contribution in [-0.2, 0) is 9.47 Å². The van der Waals surface area contributed by atoms with Gasteiger partial charge in [0.2, 0.25) is 0 Å². The number of hydrogen-bond donors (Lipinski definition) is 0. The van der Waals surface area contributed by atoms with Crippen LogP contribution in [0.2, 0.25) is 5.02 Å². The van der Waals surface area contributed by atoms with Crippen LogP contribution in [0.15, 0.2) is 18.2 Å². The summed E-state index contributed by atoms with van der Waals surface area (Å²) >= 11 is 5.76. The van der Waals surface area contributed by atoms with Crippen LogP contribution in [0, 0.1) is 0 Å². The van der Waals surface area contributed by atoms with Crippen LogP contribution in [0.4, 0.5) is 0 Å². The van der Waals surface area contributed by atoms with Gasteiger partial charge in [0, 0.05) is 12.1 Å². The molecule has 1 aromatic carbocycles. The summed E-state index contributed by atoms with van der Waals surface area (Å²) in [5.41, 5.74) is 0.280. The number of esters is 1. The summed E-state index contributed by atoms with van der Waals surface area (Å²) in [6, 6.07) is 4.70. The first-order chi connectivity index (χ1) is 7.19. The van der Waals surface area contributed by atoms with Gasteiger partial charge >= 0.3 is 5.97 Å². The van der Waals surface area contributed by atoms with E-state index in [0.29, 0.717) is 10.8 Å². The topological polar surface area (TPSA) is 44.8 Å². The Morgan fingerprint density at radius 3 is 2.73 bits per heavy atom. The van der Waals surface area contributed by atoms with E-state index in [1.807, 2.05) is 0 Å². The van der Waals surface area contributed by atoms with Gasteiger partial charge < -0.3 is 14.2 Å². The van der Waals surface area contributed by atoms with Gasteiger partial charge in [0.05, 0.1) is 7.11 Å². The molecule has 0 fully saturated rings. The van der Waals surface area contributed by atoms with Crippen LogP contribution in [0.25, 0.3) is 0 Å². The molecule has 0 saturated carbocycles. The number of methoxy groups -OCH3 is 2. The minimum atomic E-state index is -0.497. The Kier molecular flexibility index (Phi) is 4.39. The number of ether oxygens (including phenoxy) is 3. The van der Waals surface area contributed by atoms with Crippen molar-refractivity contribution in [2.24, 2.45) is 0 Å². The third-order valence-electron chi connectivity index (χ3n) is 1.68. The first-order valence-electron chi connectivity index (χ1n) is 4.18. The largest absolute Gasteiger partial charge is 0.467 e. The van der Waals surface area contributed by atoms with Crippen molar-refractivity contribution in [3.05, 3.63) is 28.8 Å². The Bertz CT molecular complexity index is 351. The van der Waals surface area contributed by atoms with Gasteiger partial charge in [0.1, 0.15) is 11.3 Å². The van der Waals surface area contributed by atoms with Gasteiger partial charge in [-0.1, -0.05) is 11.6 Å². The number of benzene rings is 1. The highest BCUT2D eigenvalue weighted by atomic mass is 35.5. The Balaban J connectivity index is 2.97. The first kappa shape index (κ1) is 11.8. The third kappa shape index (κ3) is 3.11. The van der Waals surface area contributed by atoms with Crippen LogP contribution < -0.4 is 4.74 Å². The third-order valence-corrected chi connectivity index (χ3v) is 1.91. The zero-order chi connectivity index (χ0) is 11.3. The molecule has 0 saturated heterocycles. The Morgan fingerprint density at radius 1 is 1.40 bits per heavy atom. The van der Waals surface area contributed by atoms with E-state index in [0.717, 1.165) is 0 Å². The van der Waals surface area contributed by atoms with Crippen LogP contribution >= 0.6 is 11.6 Å². The summed E-state index contributed by atoms with van der Waals surface area (Å²) in [5, 5.41) is 0.445. The molecular weight excluding hydrogens is 222 g/mol. The lowest BCUT2D eigenvalue weighted by Crippen LogP contribution is -2.07. The molecule has 4 nitrogen and oxygen atoms in total. The van der Waals surface area contributed by atoms with E-state index in [4.69, 9.17) is 21.1 Å². The minimum Gasteiger partial charge on any atom is -0.467 e. The molecule has 0 amide bonds. The molecule has 0 atom stereocenters. The molecule has 0 radical (unpaired) electrons. The van der Waals surface area contributed by atoms with Crippen LogP contribution in [0.1, 0.15) is 10.4 Å². The van der Waals surface area contributed by atoms with Crippen molar-refractivity contribution < 1.29 is 19.0 Å². The Labute approximate surface area is 92.7 Å². The molecule has 0 unspecified atom stereocenters. The van der Waals surface area contributed by atoms with Crippen LogP contribution in [0.5, 0.6) is 5.75 Å². The maximum absolute atomic E-state index is 11.3. The highest BCUT2D eigenvalue weighted by Crippen LogP contribution is 2.23. The van der Waals surface area contributed by atoms with Gasteiger partial charge in [-0.05, 0) is 18.2 Å². The van der Waals surface area contributed by atoms with Crippen molar-refractivity contribution in [3.63, 3.8) is 0 Å². The molecule has 0 N–H and O–H groups in total. The fourth-order valence-corrected chi connectivity index (χ4v) is 1.19. The summed E-state index contributed by atoms with van der Waals surface area (Å²) < 4.78 is 14.5. The zero-order valence-electron chi connectivity index (χ0n) is 8.45. The summed E-state index contributed by atoms with van der Waals surface area (Å²) in [6.07, 6.45) is 0. The van der Waals surface area contributed by atoms with Gasteiger partial charge in [0.15, 0.2) is 6.79 Å². The standard InChI is InChI=1S/C10H11ClO4/c1-13-6-15-9-4-3-7(11)5-8(9)10(12)14-2/h3-5H,6H2,1-2H3/i10+2. The van der Waals surface area contributed by atoms with Crippen molar-refractivity contribution in [1.29, 1.82) is 0 Å². The van der Waals surface area contributed by atoms with E-state index in [9.17, 15) is 4.79 Å². The van der Waals surface area contributed by atoms with Gasteiger partial charge in [-0.25, -0.2) is 4.79 Å². The molecule has 0 aliphatic heterocycles. The van der Waals surface area contributed by atoms with E-state index < -0.39 is 5.97 Å². The number of hydrogen-bond acceptors (Lipinski definition) is 4. The van der Waals surface area contributed by atoms with Gasteiger partial charge in [-0.2, -0.15) is 0 Å². The van der Waals surface area contributed by atoms with Crippen molar-refractivity contribution in [2.45, 2.75) is 0 Å². The average molecular weight is 233 g/mol. The molecular formula is C10H11ClO4. The van der Waals surface area contributed by atoms with Crippen molar-refractivity contribution in [1.82, 2.24) is 0 Å². The van der Waals surface area contributed by atoms with E-state index in [2.05, 4.69) is 4.74 Å². The predicted octanol–water partition coefficient (Wildman–Crippen LogP) is 2.11. The Morgan fingerprint density at radius 2 is 2.13 bits per heavy atom. The summed E-state index contributed by atoms with van der Waals surface area (Å²) in [4.78, 5) is 11.3. The first-order valence-corrected chi connectivity index (χ1v) is 4.56. The molecule has 0 aliphatic rings. The van der Waals surface area contributed by atoms with Crippen LogP contribution in [0.3, 0.4) is 0 Å². The highest BCUT2D eigenvalue weighted by molar-refractivity contribution is 6.31. The SMILES string of the molecule is COCOc1ccc(Cl)cc1[14C](=O)OC. The van der Waals surface area contributed by atoms with Crippen LogP contribution in [-0.4, -0.2) is 27.0 Å². The smallest absolute Gasteiger partial charge is 0.341 e. The number of halogens is 1. The van der Waals surface area contributed by atoms with E-state index >= 15 is 0 Å². The Hall–Kier alpha value is -1.26. The molecule has 0 aliphatic carbocycles. The maximum atomic E-state index is 11.3. The molecule has 1 rings (SSSR count). The predicted molar refractivity (Wildman–Crippen MR) is 55.3 cm³/mol. The summed E-state index contributed by atoms with van der Waals surface area (Å²) in [6.45, 7) is 0.0611. The monoisotopic (exact) mass is 232 g/mol. The lowest BCUT2D eigenvalue weighted by atomic mass is 10.3. The van der Waals surface area contributed by atoms with Crippen molar-refractivity contribution >= 4 is 17.6 Å². The average Bonchev–Trinajstić information content (AvgIpc) is 2.26. The fourth-order valence-electron chi connectivity index (χ4n) is 1.02. The number of carbonyl (C=O) groups is 1. The van der Waals surface area contributed by atoms with Crippen molar-refractivity contribution in [3.8, 4) is 5.75 Å². The zero-order valence-corrected chi connectivity index (χ0v) is 9.21. The van der Waals surface area contributed by atoms with Crippen molar-refractivity contribution in [2.75, 3.05) is 21.0 Å². The van der Waals surface area contributed by atoms with Gasteiger partial charge in [0.25, 0.3) is 0 Å². The minimum absolute atomic E-state index is 0.0611. The quantitative estimate of drug-likeness (QED) is 0.589. The van der Waals surface area contributed by atoms with Gasteiger partial charge in [-0.3, -0.25) is 0 Å². The molecule has 0 aromatic heterocycles. The molecule has 1 aromatic rings. The second kappa shape index (κ2) is 5.58.